The lowest BCUT2D eigenvalue weighted by Crippen LogP contribution is -1.99. The summed E-state index contributed by atoms with van der Waals surface area (Å²) >= 11 is 0. The lowest BCUT2D eigenvalue weighted by atomic mass is 10.1. The fraction of sp³-hybridized carbons (Fsp3) is 0.188. The van der Waals surface area contributed by atoms with E-state index < -0.39 is 0 Å². The van der Waals surface area contributed by atoms with Crippen molar-refractivity contribution in [3.8, 4) is 17.6 Å². The van der Waals surface area contributed by atoms with E-state index in [1.54, 1.807) is 6.20 Å². The number of hydrogen-bond donors (Lipinski definition) is 0. The van der Waals surface area contributed by atoms with Crippen LogP contribution < -0.4 is 4.74 Å². The second-order valence-electron chi connectivity index (χ2n) is 4.98. The van der Waals surface area contributed by atoms with Crippen molar-refractivity contribution in [3.63, 3.8) is 0 Å². The Hall–Kier alpha value is -2.87. The zero-order chi connectivity index (χ0) is 14.8. The van der Waals surface area contributed by atoms with E-state index in [0.717, 1.165) is 10.9 Å². The van der Waals surface area contributed by atoms with Crippen molar-refractivity contribution in [1.82, 2.24) is 14.8 Å². The third-order valence-corrected chi connectivity index (χ3v) is 3.17. The maximum atomic E-state index is 9.26. The summed E-state index contributed by atoms with van der Waals surface area (Å²) in [6, 6.07) is 9.97. The minimum absolute atomic E-state index is 0.256. The summed E-state index contributed by atoms with van der Waals surface area (Å²) in [5, 5.41) is 14.3. The quantitative estimate of drug-likeness (QED) is 0.733. The smallest absolute Gasteiger partial charge is 0.165 e. The molecule has 2 aromatic heterocycles. The van der Waals surface area contributed by atoms with Crippen molar-refractivity contribution in [3.05, 3.63) is 48.4 Å². The number of para-hydroxylation sites is 1. The number of hydrogen-bond acceptors (Lipinski definition) is 4. The van der Waals surface area contributed by atoms with Gasteiger partial charge in [0.2, 0.25) is 0 Å². The van der Waals surface area contributed by atoms with Crippen LogP contribution >= 0.6 is 0 Å². The van der Waals surface area contributed by atoms with Crippen LogP contribution in [0.2, 0.25) is 0 Å². The van der Waals surface area contributed by atoms with Crippen LogP contribution in [0, 0.1) is 11.3 Å². The first-order chi connectivity index (χ1) is 10.2. The van der Waals surface area contributed by atoms with Gasteiger partial charge in [-0.2, -0.15) is 10.4 Å². The highest BCUT2D eigenvalue weighted by atomic mass is 16.5. The zero-order valence-corrected chi connectivity index (χ0v) is 11.8. The van der Waals surface area contributed by atoms with Gasteiger partial charge in [0.1, 0.15) is 11.6 Å². The number of rotatable bonds is 3. The molecule has 0 saturated carbocycles. The largest absolute Gasteiger partial charge is 0.452 e. The maximum absolute atomic E-state index is 9.26. The topological polar surface area (TPSA) is 63.7 Å². The second kappa shape index (κ2) is 5.25. The highest BCUT2D eigenvalue weighted by Crippen LogP contribution is 2.32. The minimum Gasteiger partial charge on any atom is -0.452 e. The van der Waals surface area contributed by atoms with Gasteiger partial charge in [-0.25, -0.2) is 0 Å². The fourth-order valence-electron chi connectivity index (χ4n) is 2.08. The molecule has 0 unspecified atom stereocenters. The molecule has 0 saturated heterocycles. The molecule has 2 heterocycles. The van der Waals surface area contributed by atoms with Crippen molar-refractivity contribution in [2.45, 2.75) is 19.9 Å². The second-order valence-corrected chi connectivity index (χ2v) is 4.98. The molecule has 5 nitrogen and oxygen atoms in total. The van der Waals surface area contributed by atoms with Gasteiger partial charge in [-0.1, -0.05) is 12.1 Å². The summed E-state index contributed by atoms with van der Waals surface area (Å²) in [5.74, 6) is 1.13. The van der Waals surface area contributed by atoms with Gasteiger partial charge in [0.15, 0.2) is 11.5 Å². The average molecular weight is 278 g/mol. The van der Waals surface area contributed by atoms with Crippen LogP contribution in [0.3, 0.4) is 0 Å². The van der Waals surface area contributed by atoms with E-state index >= 15 is 0 Å². The van der Waals surface area contributed by atoms with Crippen molar-refractivity contribution in [2.24, 2.45) is 0 Å². The molecular weight excluding hydrogens is 264 g/mol. The fourth-order valence-corrected chi connectivity index (χ4v) is 2.08. The van der Waals surface area contributed by atoms with Crippen LogP contribution in [0.5, 0.6) is 11.5 Å². The van der Waals surface area contributed by atoms with E-state index in [2.05, 4.69) is 16.2 Å². The maximum Gasteiger partial charge on any atom is 0.165 e. The Morgan fingerprint density at radius 1 is 1.24 bits per heavy atom. The molecule has 0 atom stereocenters. The third-order valence-electron chi connectivity index (χ3n) is 3.17. The number of ether oxygens (including phenoxy) is 1. The Morgan fingerprint density at radius 2 is 2.05 bits per heavy atom. The normalized spacial score (nSPS) is 10.8. The van der Waals surface area contributed by atoms with Gasteiger partial charge < -0.3 is 4.74 Å². The van der Waals surface area contributed by atoms with Gasteiger partial charge in [-0.05, 0) is 26.0 Å². The molecule has 0 aliphatic carbocycles. The number of benzene rings is 1. The highest BCUT2D eigenvalue weighted by molar-refractivity contribution is 5.87. The standard InChI is InChI=1S/C16H14N4O/c1-11(2)20-10-13(9-19-20)21-16-12(7-17)8-18-15-6-4-3-5-14(15)16/h3-6,8-11H,1-2H3. The molecule has 0 bridgehead atoms. The number of pyridine rings is 1. The first-order valence-electron chi connectivity index (χ1n) is 6.69. The molecule has 0 spiro atoms. The molecule has 1 aromatic carbocycles. The van der Waals surface area contributed by atoms with Crippen LogP contribution in [-0.2, 0) is 0 Å². The highest BCUT2D eigenvalue weighted by Gasteiger charge is 2.12. The van der Waals surface area contributed by atoms with Crippen LogP contribution in [0.4, 0.5) is 0 Å². The van der Waals surface area contributed by atoms with Gasteiger partial charge in [-0.3, -0.25) is 9.67 Å². The monoisotopic (exact) mass is 278 g/mol. The SMILES string of the molecule is CC(C)n1cc(Oc2c(C#N)cnc3ccccc23)cn1. The van der Waals surface area contributed by atoms with Crippen LogP contribution in [0.25, 0.3) is 10.9 Å². The molecule has 0 N–H and O–H groups in total. The molecule has 21 heavy (non-hydrogen) atoms. The van der Waals surface area contributed by atoms with Crippen LogP contribution in [0.15, 0.2) is 42.9 Å². The van der Waals surface area contributed by atoms with Crippen LogP contribution in [-0.4, -0.2) is 14.8 Å². The molecular formula is C16H14N4O. The van der Waals surface area contributed by atoms with Crippen LogP contribution in [0.1, 0.15) is 25.5 Å². The number of nitriles is 1. The Morgan fingerprint density at radius 3 is 2.76 bits per heavy atom. The number of nitrogens with zero attached hydrogens (tertiary/aromatic N) is 4. The van der Waals surface area contributed by atoms with E-state index in [1.807, 2.05) is 49.0 Å². The summed E-state index contributed by atoms with van der Waals surface area (Å²) in [6.07, 6.45) is 5.00. The van der Waals surface area contributed by atoms with E-state index in [1.165, 1.54) is 6.20 Å². The third kappa shape index (κ3) is 2.43. The predicted molar refractivity (Wildman–Crippen MR) is 79.1 cm³/mol. The zero-order valence-electron chi connectivity index (χ0n) is 11.8. The van der Waals surface area contributed by atoms with E-state index in [-0.39, 0.29) is 6.04 Å². The lowest BCUT2D eigenvalue weighted by molar-refractivity contribution is 0.480. The lowest BCUT2D eigenvalue weighted by Gasteiger charge is -2.08. The molecule has 5 heteroatoms. The van der Waals surface area contributed by atoms with Crippen molar-refractivity contribution >= 4 is 10.9 Å². The summed E-state index contributed by atoms with van der Waals surface area (Å²) in [5.41, 5.74) is 1.20. The van der Waals surface area contributed by atoms with Crippen molar-refractivity contribution in [2.75, 3.05) is 0 Å². The molecule has 3 rings (SSSR count). The summed E-state index contributed by atoms with van der Waals surface area (Å²) in [4.78, 5) is 4.26. The average Bonchev–Trinajstić information content (AvgIpc) is 2.96. The molecule has 0 fully saturated rings. The van der Waals surface area contributed by atoms with Gasteiger partial charge in [-0.15, -0.1) is 0 Å². The number of aromatic nitrogens is 3. The Kier molecular flexibility index (Phi) is 3.28. The summed E-state index contributed by atoms with van der Waals surface area (Å²) in [7, 11) is 0. The van der Waals surface area contributed by atoms with Gasteiger partial charge >= 0.3 is 0 Å². The molecule has 0 amide bonds. The molecule has 0 aliphatic heterocycles. The minimum atomic E-state index is 0.256. The molecule has 3 aromatic rings. The molecule has 0 radical (unpaired) electrons. The van der Waals surface area contributed by atoms with E-state index in [0.29, 0.717) is 17.1 Å². The Labute approximate surface area is 122 Å². The summed E-state index contributed by atoms with van der Waals surface area (Å²) < 4.78 is 7.71. The van der Waals surface area contributed by atoms with Crippen molar-refractivity contribution in [1.29, 1.82) is 5.26 Å². The first-order valence-corrected chi connectivity index (χ1v) is 6.69. The van der Waals surface area contributed by atoms with Gasteiger partial charge in [0, 0.05) is 17.6 Å². The number of fused-ring (bicyclic) bond motifs is 1. The Balaban J connectivity index is 2.08. The van der Waals surface area contributed by atoms with E-state index in [9.17, 15) is 5.26 Å². The summed E-state index contributed by atoms with van der Waals surface area (Å²) in [6.45, 7) is 4.08. The van der Waals surface area contributed by atoms with Crippen molar-refractivity contribution < 1.29 is 4.74 Å². The predicted octanol–water partition coefficient (Wildman–Crippen LogP) is 3.68. The molecule has 0 aliphatic rings. The first kappa shape index (κ1) is 13.1. The van der Waals surface area contributed by atoms with Gasteiger partial charge in [0.05, 0.1) is 17.9 Å². The van der Waals surface area contributed by atoms with E-state index in [4.69, 9.17) is 4.74 Å². The molecule has 104 valence electrons. The Bertz CT molecular complexity index is 830. The van der Waals surface area contributed by atoms with Gasteiger partial charge in [0.25, 0.3) is 0 Å².